The topological polar surface area (TPSA) is 30.5 Å². The van der Waals surface area contributed by atoms with Crippen molar-refractivity contribution in [2.45, 2.75) is 18.9 Å². The van der Waals surface area contributed by atoms with Gasteiger partial charge in [0.05, 0.1) is 7.11 Å². The molecule has 1 aliphatic rings. The minimum atomic E-state index is 0.459. The molecule has 1 N–H and O–H groups in total. The number of hydrogen-bond donors (Lipinski definition) is 1. The third-order valence-electron chi connectivity index (χ3n) is 4.05. The summed E-state index contributed by atoms with van der Waals surface area (Å²) in [7, 11) is 1.67. The highest BCUT2D eigenvalue weighted by atomic mass is 16.5. The van der Waals surface area contributed by atoms with E-state index in [2.05, 4.69) is 35.6 Å². The number of nitrogens with one attached hydrogen (secondary N) is 1. The van der Waals surface area contributed by atoms with Gasteiger partial charge in [-0.3, -0.25) is 0 Å². The van der Waals surface area contributed by atoms with Crippen molar-refractivity contribution < 1.29 is 9.47 Å². The van der Waals surface area contributed by atoms with Crippen LogP contribution in [0, 0.1) is 5.92 Å². The molecule has 1 fully saturated rings. The van der Waals surface area contributed by atoms with Crippen LogP contribution in [-0.2, 0) is 0 Å². The molecule has 3 nitrogen and oxygen atoms in total. The molecule has 0 aliphatic heterocycles. The molecule has 2 aromatic rings. The maximum Gasteiger partial charge on any atom is 0.119 e. The van der Waals surface area contributed by atoms with Crippen molar-refractivity contribution in [3.63, 3.8) is 0 Å². The molecular weight excluding hydrogens is 274 g/mol. The second kappa shape index (κ2) is 7.32. The fraction of sp³-hybridized carbons (Fsp3) is 0.368. The first-order valence-corrected chi connectivity index (χ1v) is 7.92. The summed E-state index contributed by atoms with van der Waals surface area (Å²) < 4.78 is 10.9. The van der Waals surface area contributed by atoms with E-state index in [9.17, 15) is 0 Å². The van der Waals surface area contributed by atoms with E-state index in [1.807, 2.05) is 24.3 Å². The molecule has 1 atom stereocenters. The van der Waals surface area contributed by atoms with Gasteiger partial charge >= 0.3 is 0 Å². The lowest BCUT2D eigenvalue weighted by atomic mass is 10.0. The Morgan fingerprint density at radius 1 is 1.00 bits per heavy atom. The number of ether oxygens (including phenoxy) is 2. The largest absolute Gasteiger partial charge is 0.497 e. The van der Waals surface area contributed by atoms with E-state index >= 15 is 0 Å². The molecule has 0 radical (unpaired) electrons. The second-order valence-electron chi connectivity index (χ2n) is 5.70. The normalized spacial score (nSPS) is 15.3. The fourth-order valence-corrected chi connectivity index (χ4v) is 2.70. The molecule has 22 heavy (non-hydrogen) atoms. The van der Waals surface area contributed by atoms with Crippen LogP contribution in [0.1, 0.15) is 24.4 Å². The van der Waals surface area contributed by atoms with Gasteiger partial charge in [-0.2, -0.15) is 0 Å². The number of benzene rings is 2. The molecule has 2 aromatic carbocycles. The average Bonchev–Trinajstić information content (AvgIpc) is 3.41. The predicted octanol–water partition coefficient (Wildman–Crippen LogP) is 3.81. The Morgan fingerprint density at radius 3 is 2.32 bits per heavy atom. The SMILES string of the molecule is COc1ccc(OCCNC(c2ccccc2)C2CC2)cc1. The van der Waals surface area contributed by atoms with Gasteiger partial charge in [0, 0.05) is 12.6 Å². The van der Waals surface area contributed by atoms with Crippen LogP contribution >= 0.6 is 0 Å². The van der Waals surface area contributed by atoms with Crippen LogP contribution in [0.25, 0.3) is 0 Å². The molecule has 1 unspecified atom stereocenters. The van der Waals surface area contributed by atoms with Gasteiger partial charge in [-0.05, 0) is 48.6 Å². The molecule has 116 valence electrons. The van der Waals surface area contributed by atoms with Gasteiger partial charge in [0.25, 0.3) is 0 Å². The van der Waals surface area contributed by atoms with Crippen LogP contribution in [0.3, 0.4) is 0 Å². The number of rotatable bonds is 8. The summed E-state index contributed by atoms with van der Waals surface area (Å²) in [5.41, 5.74) is 1.38. The predicted molar refractivity (Wildman–Crippen MR) is 88.4 cm³/mol. The Kier molecular flexibility index (Phi) is 4.96. The molecule has 3 heteroatoms. The van der Waals surface area contributed by atoms with Crippen molar-refractivity contribution in [3.05, 3.63) is 60.2 Å². The van der Waals surface area contributed by atoms with E-state index in [1.165, 1.54) is 18.4 Å². The van der Waals surface area contributed by atoms with Gasteiger partial charge in [-0.25, -0.2) is 0 Å². The third kappa shape index (κ3) is 4.01. The molecule has 3 rings (SSSR count). The molecule has 0 saturated heterocycles. The van der Waals surface area contributed by atoms with Crippen LogP contribution in [-0.4, -0.2) is 20.3 Å². The highest BCUT2D eigenvalue weighted by Crippen LogP contribution is 2.40. The number of hydrogen-bond acceptors (Lipinski definition) is 3. The summed E-state index contributed by atoms with van der Waals surface area (Å²) in [4.78, 5) is 0. The van der Waals surface area contributed by atoms with Crippen LogP contribution < -0.4 is 14.8 Å². The monoisotopic (exact) mass is 297 g/mol. The molecule has 0 spiro atoms. The molecule has 0 aromatic heterocycles. The summed E-state index contributed by atoms with van der Waals surface area (Å²) in [6, 6.07) is 18.9. The molecule has 1 saturated carbocycles. The Hall–Kier alpha value is -2.00. The quantitative estimate of drug-likeness (QED) is 0.751. The Morgan fingerprint density at radius 2 is 1.68 bits per heavy atom. The standard InChI is InChI=1S/C19H23NO2/c1-21-17-9-11-18(12-10-17)22-14-13-20-19(16-7-8-16)15-5-3-2-4-6-15/h2-6,9-12,16,19-20H,7-8,13-14H2,1H3. The zero-order chi connectivity index (χ0) is 15.2. The zero-order valence-corrected chi connectivity index (χ0v) is 13.0. The molecule has 0 amide bonds. The molecule has 0 heterocycles. The smallest absolute Gasteiger partial charge is 0.119 e. The Bertz CT molecular complexity index is 564. The maximum absolute atomic E-state index is 5.77. The van der Waals surface area contributed by atoms with Crippen molar-refractivity contribution >= 4 is 0 Å². The van der Waals surface area contributed by atoms with Crippen molar-refractivity contribution in [2.24, 2.45) is 5.92 Å². The summed E-state index contributed by atoms with van der Waals surface area (Å²) >= 11 is 0. The van der Waals surface area contributed by atoms with Gasteiger partial charge in [-0.1, -0.05) is 30.3 Å². The highest BCUT2D eigenvalue weighted by molar-refractivity contribution is 5.31. The van der Waals surface area contributed by atoms with Crippen LogP contribution in [0.2, 0.25) is 0 Å². The van der Waals surface area contributed by atoms with Gasteiger partial charge in [-0.15, -0.1) is 0 Å². The van der Waals surface area contributed by atoms with E-state index in [1.54, 1.807) is 7.11 Å². The molecular formula is C19H23NO2. The minimum absolute atomic E-state index is 0.459. The van der Waals surface area contributed by atoms with E-state index < -0.39 is 0 Å². The van der Waals surface area contributed by atoms with Crippen molar-refractivity contribution in [2.75, 3.05) is 20.3 Å². The average molecular weight is 297 g/mol. The minimum Gasteiger partial charge on any atom is -0.497 e. The first kappa shape index (κ1) is 14.9. The zero-order valence-electron chi connectivity index (χ0n) is 13.0. The Labute approximate surface area is 132 Å². The summed E-state index contributed by atoms with van der Waals surface area (Å²) in [5.74, 6) is 2.51. The lowest BCUT2D eigenvalue weighted by molar-refractivity contribution is 0.300. The van der Waals surface area contributed by atoms with Gasteiger partial charge in [0.1, 0.15) is 18.1 Å². The van der Waals surface area contributed by atoms with Crippen molar-refractivity contribution in [1.29, 1.82) is 0 Å². The van der Waals surface area contributed by atoms with Crippen LogP contribution in [0.5, 0.6) is 11.5 Å². The van der Waals surface area contributed by atoms with E-state index in [0.29, 0.717) is 12.6 Å². The fourth-order valence-electron chi connectivity index (χ4n) is 2.70. The van der Waals surface area contributed by atoms with E-state index in [-0.39, 0.29) is 0 Å². The lowest BCUT2D eigenvalue weighted by Gasteiger charge is -2.19. The molecule has 0 bridgehead atoms. The number of methoxy groups -OCH3 is 1. The second-order valence-corrected chi connectivity index (χ2v) is 5.70. The summed E-state index contributed by atoms with van der Waals surface area (Å²) in [6.07, 6.45) is 2.65. The summed E-state index contributed by atoms with van der Waals surface area (Å²) in [6.45, 7) is 1.52. The van der Waals surface area contributed by atoms with Gasteiger partial charge in [0.15, 0.2) is 0 Å². The lowest BCUT2D eigenvalue weighted by Crippen LogP contribution is -2.27. The van der Waals surface area contributed by atoms with Crippen molar-refractivity contribution in [1.82, 2.24) is 5.32 Å². The van der Waals surface area contributed by atoms with E-state index in [4.69, 9.17) is 9.47 Å². The van der Waals surface area contributed by atoms with Crippen LogP contribution in [0.15, 0.2) is 54.6 Å². The third-order valence-corrected chi connectivity index (χ3v) is 4.05. The van der Waals surface area contributed by atoms with E-state index in [0.717, 1.165) is 24.0 Å². The first-order valence-electron chi connectivity index (χ1n) is 7.92. The maximum atomic E-state index is 5.77. The van der Waals surface area contributed by atoms with Gasteiger partial charge < -0.3 is 14.8 Å². The molecule has 1 aliphatic carbocycles. The van der Waals surface area contributed by atoms with Gasteiger partial charge in [0.2, 0.25) is 0 Å². The highest BCUT2D eigenvalue weighted by Gasteiger charge is 2.31. The van der Waals surface area contributed by atoms with Crippen LogP contribution in [0.4, 0.5) is 0 Å². The van der Waals surface area contributed by atoms with Crippen molar-refractivity contribution in [3.8, 4) is 11.5 Å². The summed E-state index contributed by atoms with van der Waals surface area (Å²) in [5, 5.41) is 3.64. The first-order chi connectivity index (χ1) is 10.9. The Balaban J connectivity index is 1.46.